The zero-order chi connectivity index (χ0) is 14.5. The first-order chi connectivity index (χ1) is 9.67. The van der Waals surface area contributed by atoms with Crippen molar-refractivity contribution in [3.8, 4) is 5.69 Å². The highest BCUT2D eigenvalue weighted by molar-refractivity contribution is 6.32. The van der Waals surface area contributed by atoms with Crippen molar-refractivity contribution in [2.45, 2.75) is 13.3 Å². The number of halogens is 1. The Morgan fingerprint density at radius 2 is 2.30 bits per heavy atom. The van der Waals surface area contributed by atoms with Crippen molar-refractivity contribution in [2.24, 2.45) is 0 Å². The predicted octanol–water partition coefficient (Wildman–Crippen LogP) is 2.44. The van der Waals surface area contributed by atoms with Gasteiger partial charge in [0.2, 0.25) is 5.95 Å². The van der Waals surface area contributed by atoms with E-state index in [0.29, 0.717) is 17.3 Å². The molecule has 0 aliphatic carbocycles. The fourth-order valence-corrected chi connectivity index (χ4v) is 2.14. The first-order valence-electron chi connectivity index (χ1n) is 6.25. The fourth-order valence-electron chi connectivity index (χ4n) is 1.85. The molecule has 0 amide bonds. The molecule has 0 saturated carbocycles. The standard InChI is InChI=1S/C14H15ClN4O/c1-3-8-16-13-17-9-19(14(20)18-13)12-10(4-2)6-5-7-11(12)15/h3,5-7,9H,1,4,8H2,2H3,(H,16,18,20). The van der Waals surface area contributed by atoms with E-state index in [9.17, 15) is 4.79 Å². The Balaban J connectivity index is 2.49. The summed E-state index contributed by atoms with van der Waals surface area (Å²) in [6.45, 7) is 6.08. The monoisotopic (exact) mass is 290 g/mol. The van der Waals surface area contributed by atoms with Gasteiger partial charge in [-0.3, -0.25) is 0 Å². The summed E-state index contributed by atoms with van der Waals surface area (Å²) < 4.78 is 1.36. The molecule has 1 aromatic heterocycles. The minimum atomic E-state index is -0.422. The number of aromatic nitrogens is 3. The second-order valence-electron chi connectivity index (χ2n) is 4.10. The smallest absolute Gasteiger partial charge is 0.351 e. The number of nitrogens with zero attached hydrogens (tertiary/aromatic N) is 3. The number of nitrogens with one attached hydrogen (secondary N) is 1. The maximum absolute atomic E-state index is 12.1. The SMILES string of the molecule is C=CCNc1ncn(-c2c(Cl)cccc2CC)c(=O)n1. The van der Waals surface area contributed by atoms with Crippen LogP contribution in [0.3, 0.4) is 0 Å². The van der Waals surface area contributed by atoms with E-state index >= 15 is 0 Å². The van der Waals surface area contributed by atoms with Gasteiger partial charge in [0.05, 0.1) is 10.7 Å². The molecule has 1 aromatic carbocycles. The first-order valence-corrected chi connectivity index (χ1v) is 6.63. The minimum absolute atomic E-state index is 0.274. The normalized spacial score (nSPS) is 10.3. The van der Waals surface area contributed by atoms with Crippen LogP contribution in [0.2, 0.25) is 5.02 Å². The predicted molar refractivity (Wildman–Crippen MR) is 80.7 cm³/mol. The van der Waals surface area contributed by atoms with Gasteiger partial charge in [-0.1, -0.05) is 36.7 Å². The average Bonchev–Trinajstić information content (AvgIpc) is 2.45. The van der Waals surface area contributed by atoms with E-state index in [2.05, 4.69) is 21.9 Å². The highest BCUT2D eigenvalue weighted by Crippen LogP contribution is 2.23. The van der Waals surface area contributed by atoms with Crippen molar-refractivity contribution in [1.29, 1.82) is 0 Å². The number of para-hydroxylation sites is 1. The Hall–Kier alpha value is -2.14. The van der Waals surface area contributed by atoms with Crippen LogP contribution in [0.1, 0.15) is 12.5 Å². The minimum Gasteiger partial charge on any atom is -0.351 e. The number of hydrogen-bond acceptors (Lipinski definition) is 4. The van der Waals surface area contributed by atoms with Gasteiger partial charge >= 0.3 is 5.69 Å². The summed E-state index contributed by atoms with van der Waals surface area (Å²) in [6, 6.07) is 5.53. The number of benzene rings is 1. The molecule has 2 aromatic rings. The van der Waals surface area contributed by atoms with Gasteiger partial charge in [-0.15, -0.1) is 6.58 Å². The molecule has 0 spiro atoms. The molecule has 104 valence electrons. The highest BCUT2D eigenvalue weighted by Gasteiger charge is 2.11. The van der Waals surface area contributed by atoms with Gasteiger partial charge in [0.25, 0.3) is 0 Å². The van der Waals surface area contributed by atoms with E-state index in [1.807, 2.05) is 19.1 Å². The molecule has 0 bridgehead atoms. The summed E-state index contributed by atoms with van der Waals surface area (Å²) in [7, 11) is 0. The van der Waals surface area contributed by atoms with Crippen LogP contribution in [0.15, 0.2) is 42.0 Å². The van der Waals surface area contributed by atoms with E-state index in [-0.39, 0.29) is 5.95 Å². The van der Waals surface area contributed by atoms with Gasteiger partial charge in [0.15, 0.2) is 0 Å². The van der Waals surface area contributed by atoms with Gasteiger partial charge < -0.3 is 5.32 Å². The summed E-state index contributed by atoms with van der Waals surface area (Å²) in [4.78, 5) is 20.1. The summed E-state index contributed by atoms with van der Waals surface area (Å²) in [5.74, 6) is 0.274. The van der Waals surface area contributed by atoms with Gasteiger partial charge in [0, 0.05) is 6.54 Å². The Bertz CT molecular complexity index is 681. The highest BCUT2D eigenvalue weighted by atomic mass is 35.5. The topological polar surface area (TPSA) is 59.8 Å². The number of anilines is 1. The number of hydrogen-bond donors (Lipinski definition) is 1. The lowest BCUT2D eigenvalue weighted by Gasteiger charge is -2.12. The summed E-state index contributed by atoms with van der Waals surface area (Å²) in [5, 5.41) is 3.37. The molecular weight excluding hydrogens is 276 g/mol. The van der Waals surface area contributed by atoms with E-state index in [1.54, 1.807) is 12.1 Å². The lowest BCUT2D eigenvalue weighted by atomic mass is 10.1. The number of rotatable bonds is 5. The maximum atomic E-state index is 12.1. The summed E-state index contributed by atoms with van der Waals surface area (Å²) in [6.07, 6.45) is 3.86. The first kappa shape index (κ1) is 14.3. The quantitative estimate of drug-likeness (QED) is 0.859. The van der Waals surface area contributed by atoms with Crippen LogP contribution < -0.4 is 11.0 Å². The summed E-state index contributed by atoms with van der Waals surface area (Å²) >= 11 is 6.19. The fraction of sp³-hybridized carbons (Fsp3) is 0.214. The van der Waals surface area contributed by atoms with E-state index in [0.717, 1.165) is 12.0 Å². The van der Waals surface area contributed by atoms with Crippen molar-refractivity contribution in [1.82, 2.24) is 14.5 Å². The number of aryl methyl sites for hydroxylation is 1. The molecule has 0 radical (unpaired) electrons. The van der Waals surface area contributed by atoms with Crippen molar-refractivity contribution < 1.29 is 0 Å². The Kier molecular flexibility index (Phi) is 4.53. The van der Waals surface area contributed by atoms with Crippen molar-refractivity contribution in [3.05, 3.63) is 58.3 Å². The van der Waals surface area contributed by atoms with Crippen LogP contribution in [0.5, 0.6) is 0 Å². The third kappa shape index (κ3) is 2.88. The van der Waals surface area contributed by atoms with E-state index in [1.165, 1.54) is 10.9 Å². The molecule has 1 N–H and O–H groups in total. The maximum Gasteiger partial charge on any atom is 0.356 e. The van der Waals surface area contributed by atoms with Crippen molar-refractivity contribution in [2.75, 3.05) is 11.9 Å². The molecule has 2 rings (SSSR count). The lowest BCUT2D eigenvalue weighted by molar-refractivity contribution is 0.848. The van der Waals surface area contributed by atoms with Gasteiger partial charge in [-0.05, 0) is 18.1 Å². The Labute approximate surface area is 122 Å². The lowest BCUT2D eigenvalue weighted by Crippen LogP contribution is -2.24. The molecule has 0 aliphatic rings. The average molecular weight is 291 g/mol. The van der Waals surface area contributed by atoms with Crippen LogP contribution in [-0.4, -0.2) is 21.1 Å². The van der Waals surface area contributed by atoms with Crippen LogP contribution in [0.25, 0.3) is 5.69 Å². The molecule has 0 atom stereocenters. The second-order valence-corrected chi connectivity index (χ2v) is 4.51. The van der Waals surface area contributed by atoms with E-state index in [4.69, 9.17) is 11.6 Å². The summed E-state index contributed by atoms with van der Waals surface area (Å²) in [5.41, 5.74) is 1.18. The largest absolute Gasteiger partial charge is 0.356 e. The third-order valence-electron chi connectivity index (χ3n) is 2.80. The Morgan fingerprint density at radius 1 is 1.50 bits per heavy atom. The van der Waals surface area contributed by atoms with Gasteiger partial charge in [0.1, 0.15) is 6.33 Å². The molecule has 0 fully saturated rings. The zero-order valence-corrected chi connectivity index (χ0v) is 11.9. The molecule has 1 heterocycles. The zero-order valence-electron chi connectivity index (χ0n) is 11.1. The van der Waals surface area contributed by atoms with Crippen LogP contribution in [0.4, 0.5) is 5.95 Å². The van der Waals surface area contributed by atoms with Gasteiger partial charge in [-0.25, -0.2) is 14.3 Å². The van der Waals surface area contributed by atoms with Crippen molar-refractivity contribution >= 4 is 17.5 Å². The molecule has 5 nitrogen and oxygen atoms in total. The van der Waals surface area contributed by atoms with Crippen LogP contribution in [0, 0.1) is 0 Å². The molecule has 6 heteroatoms. The van der Waals surface area contributed by atoms with Crippen LogP contribution >= 0.6 is 11.6 Å². The van der Waals surface area contributed by atoms with E-state index < -0.39 is 5.69 Å². The second kappa shape index (κ2) is 6.34. The molecular formula is C14H15ClN4O. The third-order valence-corrected chi connectivity index (χ3v) is 3.10. The Morgan fingerprint density at radius 3 is 2.95 bits per heavy atom. The molecule has 0 saturated heterocycles. The molecule has 20 heavy (non-hydrogen) atoms. The van der Waals surface area contributed by atoms with Crippen LogP contribution in [-0.2, 0) is 6.42 Å². The van der Waals surface area contributed by atoms with Crippen molar-refractivity contribution in [3.63, 3.8) is 0 Å². The van der Waals surface area contributed by atoms with Gasteiger partial charge in [-0.2, -0.15) is 4.98 Å². The molecule has 0 aliphatic heterocycles. The molecule has 0 unspecified atom stereocenters.